The van der Waals surface area contributed by atoms with Crippen LogP contribution in [0.15, 0.2) is 72.9 Å². The van der Waals surface area contributed by atoms with Gasteiger partial charge < -0.3 is 35.3 Å². The molecule has 14 heteroatoms. The Labute approximate surface area is 261 Å². The van der Waals surface area contributed by atoms with Gasteiger partial charge in [-0.05, 0) is 73.5 Å². The maximum absolute atomic E-state index is 13.6. The van der Waals surface area contributed by atoms with E-state index < -0.39 is 47.5 Å². The lowest BCUT2D eigenvalue weighted by Crippen LogP contribution is -2.41. The summed E-state index contributed by atoms with van der Waals surface area (Å²) < 4.78 is 30.5. The first kappa shape index (κ1) is 33.1. The molecule has 0 radical (unpaired) electrons. The number of carboxylic acid groups (broad SMARTS) is 2. The second-order valence-electron chi connectivity index (χ2n) is 10.1. The molecule has 0 spiro atoms. The van der Waals surface area contributed by atoms with Gasteiger partial charge in [-0.3, -0.25) is 24.3 Å². The number of methoxy groups -OCH3 is 2. The van der Waals surface area contributed by atoms with Gasteiger partial charge in [0.15, 0.2) is 17.6 Å². The highest BCUT2D eigenvalue weighted by molar-refractivity contribution is 6.16. The van der Waals surface area contributed by atoms with Crippen LogP contribution in [0.4, 0.5) is 15.8 Å². The molecule has 1 aromatic heterocycles. The van der Waals surface area contributed by atoms with Crippen molar-refractivity contribution in [3.05, 3.63) is 78.7 Å². The number of nitrogens with two attached hydrogens (primary N) is 1. The largest absolute Gasteiger partial charge is 0.493 e. The number of nitrogens with zero attached hydrogens (tertiary/aromatic N) is 2. The normalized spacial score (nSPS) is 13.4. The number of pyridine rings is 1. The molecule has 1 fully saturated rings. The first-order valence-electron chi connectivity index (χ1n) is 13.7. The highest BCUT2D eigenvalue weighted by Gasteiger charge is 2.57. The summed E-state index contributed by atoms with van der Waals surface area (Å²) in [6.45, 7) is 0. The van der Waals surface area contributed by atoms with Crippen molar-refractivity contribution in [1.82, 2.24) is 4.98 Å². The van der Waals surface area contributed by atoms with Crippen LogP contribution in [0.1, 0.15) is 19.3 Å². The van der Waals surface area contributed by atoms with Crippen LogP contribution in [-0.2, 0) is 19.2 Å². The Bertz CT molecular complexity index is 1760. The zero-order valence-electron chi connectivity index (χ0n) is 24.7. The van der Waals surface area contributed by atoms with Crippen molar-refractivity contribution in [2.24, 2.45) is 11.1 Å². The van der Waals surface area contributed by atoms with Gasteiger partial charge in [-0.25, -0.2) is 9.18 Å². The number of aliphatic hydroxyl groups is 1. The Hall–Kier alpha value is -5.76. The smallest absolute Gasteiger partial charge is 0.333 e. The Balaban J connectivity index is 0.000000468. The number of aromatic nitrogens is 1. The molecule has 1 heterocycles. The van der Waals surface area contributed by atoms with Crippen LogP contribution in [0.5, 0.6) is 23.0 Å². The van der Waals surface area contributed by atoms with E-state index in [1.807, 2.05) is 0 Å². The van der Waals surface area contributed by atoms with Gasteiger partial charge in [0.25, 0.3) is 0 Å². The fraction of sp³-hybridized carbons (Fsp3) is 0.219. The number of hydrogen-bond donors (Lipinski definition) is 4. The summed E-state index contributed by atoms with van der Waals surface area (Å²) in [5, 5.41) is 24.9. The molecule has 1 atom stereocenters. The van der Waals surface area contributed by atoms with Gasteiger partial charge in [0.1, 0.15) is 22.7 Å². The Morgan fingerprint density at radius 3 is 1.96 bits per heavy atom. The summed E-state index contributed by atoms with van der Waals surface area (Å²) >= 11 is 0. The minimum atomic E-state index is -1.79. The van der Waals surface area contributed by atoms with Crippen LogP contribution in [-0.4, -0.2) is 64.4 Å². The number of aliphatic carboxylic acids is 2. The minimum absolute atomic E-state index is 0.378. The molecule has 0 bridgehead atoms. The van der Waals surface area contributed by atoms with E-state index in [-0.39, 0.29) is 0 Å². The average molecular weight is 636 g/mol. The third-order valence-corrected chi connectivity index (χ3v) is 7.10. The van der Waals surface area contributed by atoms with E-state index >= 15 is 0 Å². The first-order valence-corrected chi connectivity index (χ1v) is 13.7. The molecule has 3 aromatic carbocycles. The molecule has 46 heavy (non-hydrogen) atoms. The van der Waals surface area contributed by atoms with Gasteiger partial charge in [-0.1, -0.05) is 0 Å². The Morgan fingerprint density at radius 2 is 1.48 bits per heavy atom. The van der Waals surface area contributed by atoms with Crippen molar-refractivity contribution < 1.29 is 53.1 Å². The van der Waals surface area contributed by atoms with E-state index in [2.05, 4.69) is 4.98 Å². The molecule has 1 aliphatic rings. The van der Waals surface area contributed by atoms with Crippen molar-refractivity contribution in [3.63, 3.8) is 0 Å². The number of halogens is 1. The summed E-state index contributed by atoms with van der Waals surface area (Å²) in [5.74, 6) is -2.23. The highest BCUT2D eigenvalue weighted by Crippen LogP contribution is 2.49. The van der Waals surface area contributed by atoms with Crippen molar-refractivity contribution in [3.8, 4) is 23.0 Å². The van der Waals surface area contributed by atoms with Gasteiger partial charge in [0.2, 0.25) is 11.8 Å². The van der Waals surface area contributed by atoms with Crippen LogP contribution in [0, 0.1) is 11.2 Å². The molecule has 5 rings (SSSR count). The summed E-state index contributed by atoms with van der Waals surface area (Å²) in [4.78, 5) is 50.7. The maximum Gasteiger partial charge on any atom is 0.333 e. The van der Waals surface area contributed by atoms with E-state index in [1.165, 1.54) is 29.2 Å². The van der Waals surface area contributed by atoms with Crippen molar-refractivity contribution in [2.45, 2.75) is 25.4 Å². The predicted molar refractivity (Wildman–Crippen MR) is 162 cm³/mol. The average Bonchev–Trinajstić information content (AvgIpc) is 3.85. The molecular weight excluding hydrogens is 605 g/mol. The number of ether oxygens (including phenoxy) is 3. The lowest BCUT2D eigenvalue weighted by atomic mass is 10.0. The molecule has 0 saturated heterocycles. The highest BCUT2D eigenvalue weighted by atomic mass is 19.1. The second kappa shape index (κ2) is 13.9. The van der Waals surface area contributed by atoms with Crippen LogP contribution < -0.4 is 24.8 Å². The van der Waals surface area contributed by atoms with Gasteiger partial charge in [0, 0.05) is 29.0 Å². The zero-order valence-corrected chi connectivity index (χ0v) is 24.7. The number of fused-ring (bicyclic) bond motifs is 1. The van der Waals surface area contributed by atoms with Crippen LogP contribution in [0.3, 0.4) is 0 Å². The van der Waals surface area contributed by atoms with E-state index in [0.29, 0.717) is 52.7 Å². The predicted octanol–water partition coefficient (Wildman–Crippen LogP) is 4.02. The van der Waals surface area contributed by atoms with Crippen LogP contribution in [0.2, 0.25) is 0 Å². The van der Waals surface area contributed by atoms with Crippen molar-refractivity contribution in [1.29, 1.82) is 0 Å². The number of primary amides is 1. The quantitative estimate of drug-likeness (QED) is 0.174. The van der Waals surface area contributed by atoms with E-state index in [0.717, 1.165) is 5.39 Å². The minimum Gasteiger partial charge on any atom is -0.493 e. The lowest BCUT2D eigenvalue weighted by molar-refractivity contribution is -0.152. The van der Waals surface area contributed by atoms with Crippen molar-refractivity contribution >= 4 is 46.0 Å². The van der Waals surface area contributed by atoms with Gasteiger partial charge in [-0.2, -0.15) is 0 Å². The zero-order chi connectivity index (χ0) is 33.6. The van der Waals surface area contributed by atoms with Gasteiger partial charge in [-0.15, -0.1) is 0 Å². The monoisotopic (exact) mass is 635 g/mol. The molecule has 5 N–H and O–H groups in total. The SMILES string of the molecule is COc1cc2nccc(Oc3ccc(N(C(=O)C4(C(N)=O)CC4)c4ccc(F)cc4)cc3)c2cc1OC.O=C(O)C[C@H](O)C(=O)O. The molecule has 2 amide bonds. The van der Waals surface area contributed by atoms with E-state index in [4.69, 9.17) is 35.3 Å². The topological polar surface area (TPSA) is 199 Å². The third kappa shape index (κ3) is 7.30. The number of carbonyl (C=O) groups is 4. The first-order chi connectivity index (χ1) is 21.9. The molecule has 1 saturated carbocycles. The lowest BCUT2D eigenvalue weighted by Gasteiger charge is -2.26. The molecule has 240 valence electrons. The molecule has 4 aromatic rings. The maximum atomic E-state index is 13.6. The Morgan fingerprint density at radius 1 is 0.913 bits per heavy atom. The summed E-state index contributed by atoms with van der Waals surface area (Å²) in [6, 6.07) is 17.6. The van der Waals surface area contributed by atoms with Crippen LogP contribution >= 0.6 is 0 Å². The number of aliphatic hydroxyl groups excluding tert-OH is 1. The Kier molecular flexibility index (Phi) is 10.0. The van der Waals surface area contributed by atoms with E-state index in [1.54, 1.807) is 62.9 Å². The third-order valence-electron chi connectivity index (χ3n) is 7.10. The number of carbonyl (C=O) groups excluding carboxylic acids is 2. The number of carboxylic acids is 2. The molecule has 1 aliphatic carbocycles. The van der Waals surface area contributed by atoms with Crippen LogP contribution in [0.25, 0.3) is 10.9 Å². The number of amides is 2. The summed E-state index contributed by atoms with van der Waals surface area (Å²) in [5.41, 5.74) is 5.89. The fourth-order valence-electron chi connectivity index (χ4n) is 4.46. The summed E-state index contributed by atoms with van der Waals surface area (Å²) in [7, 11) is 3.11. The fourth-order valence-corrected chi connectivity index (χ4v) is 4.46. The number of anilines is 2. The van der Waals surface area contributed by atoms with E-state index in [9.17, 15) is 23.6 Å². The molecule has 0 unspecified atom stereocenters. The number of benzene rings is 3. The van der Waals surface area contributed by atoms with Crippen molar-refractivity contribution in [2.75, 3.05) is 19.1 Å². The molecule has 0 aliphatic heterocycles. The number of hydrogen-bond acceptors (Lipinski definition) is 9. The standard InChI is InChI=1S/C28H24FN3O5.C4H6O5/c1-35-24-15-21-22(16-25(24)36-2)31-14-11-23(21)37-20-9-7-19(8-10-20)32(18-5-3-17(29)4-6-18)27(34)28(12-13-28)26(30)33;5-2(4(8)9)1-3(6)7/h3-11,14-16H,12-13H2,1-2H3,(H2,30,33);2,5H,1H2,(H,6,7)(H,8,9)/t;2-/m.0/s1. The number of rotatable bonds is 11. The van der Waals surface area contributed by atoms with Gasteiger partial charge in [0.05, 0.1) is 26.2 Å². The molecule has 13 nitrogen and oxygen atoms in total. The summed E-state index contributed by atoms with van der Waals surface area (Å²) in [6.07, 6.45) is -0.156. The van der Waals surface area contributed by atoms with Gasteiger partial charge >= 0.3 is 11.9 Å². The second-order valence-corrected chi connectivity index (χ2v) is 10.1. The molecular formula is C32H30FN3O10.